The molecule has 0 aliphatic rings. The summed E-state index contributed by atoms with van der Waals surface area (Å²) in [5, 5.41) is 2.44. The van der Waals surface area contributed by atoms with E-state index in [0.29, 0.717) is 0 Å². The second-order valence-electron chi connectivity index (χ2n) is 6.89. The monoisotopic (exact) mass is 340 g/mol. The second-order valence-corrected chi connectivity index (χ2v) is 6.89. The largest absolute Gasteiger partial charge is 0.245 e. The minimum Gasteiger partial charge on any atom is -0.245 e. The summed E-state index contributed by atoms with van der Waals surface area (Å²) in [4.78, 5) is 8.50. The Hall–Kier alpha value is -3.07. The first-order valence-electron chi connectivity index (χ1n) is 8.82. The number of aryl methyl sites for hydroxylation is 3. The van der Waals surface area contributed by atoms with E-state index in [1.807, 2.05) is 6.07 Å². The van der Waals surface area contributed by atoms with Crippen LogP contribution in [0.2, 0.25) is 0 Å². The topological polar surface area (TPSA) is 29.7 Å². The molecule has 0 unspecified atom stereocenters. The molecule has 2 aromatic carbocycles. The maximum atomic E-state index is 4.45. The molecule has 3 heteroatoms. The van der Waals surface area contributed by atoms with Gasteiger partial charge in [0.25, 0.3) is 0 Å². The minimum absolute atomic E-state index is 0.947. The Kier molecular flexibility index (Phi) is 4.00. The van der Waals surface area contributed by atoms with Crippen molar-refractivity contribution in [1.29, 1.82) is 0 Å². The molecule has 2 heterocycles. The maximum Gasteiger partial charge on any atom is 0.220 e. The van der Waals surface area contributed by atoms with Gasteiger partial charge in [0.1, 0.15) is 13.4 Å². The van der Waals surface area contributed by atoms with Gasteiger partial charge < -0.3 is 0 Å². The first-order chi connectivity index (χ1) is 12.6. The van der Waals surface area contributed by atoms with E-state index >= 15 is 0 Å². The van der Waals surface area contributed by atoms with Gasteiger partial charge in [-0.2, -0.15) is 0 Å². The van der Waals surface area contributed by atoms with Crippen molar-refractivity contribution in [3.63, 3.8) is 0 Å². The van der Waals surface area contributed by atoms with Gasteiger partial charge in [-0.3, -0.25) is 0 Å². The van der Waals surface area contributed by atoms with E-state index in [1.54, 1.807) is 12.5 Å². The SMILES string of the molecule is Cc1cc(C)c(C)c(-c2c3cccc(-c4ccncn4)c3cc[n+]2C)c1. The number of hydrogen-bond donors (Lipinski definition) is 0. The molecule has 0 aliphatic carbocycles. The predicted molar refractivity (Wildman–Crippen MR) is 106 cm³/mol. The number of rotatable bonds is 2. The molecule has 0 bridgehead atoms. The summed E-state index contributed by atoms with van der Waals surface area (Å²) in [6.45, 7) is 6.55. The lowest BCUT2D eigenvalue weighted by atomic mass is 9.93. The molecular formula is C23H22N3+. The first-order valence-corrected chi connectivity index (χ1v) is 8.82. The van der Waals surface area contributed by atoms with E-state index in [-0.39, 0.29) is 0 Å². The van der Waals surface area contributed by atoms with Crippen LogP contribution in [0.5, 0.6) is 0 Å². The van der Waals surface area contributed by atoms with Crippen molar-refractivity contribution in [1.82, 2.24) is 9.97 Å². The quantitative estimate of drug-likeness (QED) is 0.495. The van der Waals surface area contributed by atoms with Gasteiger partial charge in [-0.05, 0) is 50.1 Å². The number of pyridine rings is 1. The Morgan fingerprint density at radius 1 is 0.885 bits per heavy atom. The van der Waals surface area contributed by atoms with Crippen LogP contribution in [0.3, 0.4) is 0 Å². The Labute approximate surface area is 154 Å². The molecule has 4 aromatic rings. The summed E-state index contributed by atoms with van der Waals surface area (Å²) >= 11 is 0. The van der Waals surface area contributed by atoms with Crippen LogP contribution in [-0.2, 0) is 7.05 Å². The van der Waals surface area contributed by atoms with E-state index in [1.165, 1.54) is 38.7 Å². The number of benzene rings is 2. The van der Waals surface area contributed by atoms with Gasteiger partial charge in [0, 0.05) is 23.2 Å². The summed E-state index contributed by atoms with van der Waals surface area (Å²) in [7, 11) is 2.11. The van der Waals surface area contributed by atoms with Gasteiger partial charge in [0.2, 0.25) is 5.69 Å². The summed E-state index contributed by atoms with van der Waals surface area (Å²) in [6.07, 6.45) is 5.53. The van der Waals surface area contributed by atoms with Gasteiger partial charge in [-0.25, -0.2) is 14.5 Å². The van der Waals surface area contributed by atoms with Gasteiger partial charge >= 0.3 is 0 Å². The third kappa shape index (κ3) is 2.66. The molecule has 0 aliphatic heterocycles. The zero-order valence-electron chi connectivity index (χ0n) is 15.6. The number of nitrogens with zero attached hydrogens (tertiary/aromatic N) is 3. The van der Waals surface area contributed by atoms with E-state index in [0.717, 1.165) is 11.3 Å². The lowest BCUT2D eigenvalue weighted by Crippen LogP contribution is -2.31. The first kappa shape index (κ1) is 16.4. The number of fused-ring (bicyclic) bond motifs is 1. The summed E-state index contributed by atoms with van der Waals surface area (Å²) in [5.74, 6) is 0. The lowest BCUT2D eigenvalue weighted by Gasteiger charge is -2.13. The molecule has 4 rings (SSSR count). The molecule has 0 atom stereocenters. The Balaban J connectivity index is 2.08. The standard InChI is InChI=1S/C23H22N3/c1-15-12-16(2)17(3)21(13-15)23-20-7-5-6-19(18(20)9-11-26(23)4)22-8-10-24-14-25-22/h5-14H,1-4H3/q+1. The van der Waals surface area contributed by atoms with Crippen molar-refractivity contribution in [3.05, 3.63) is 77.9 Å². The van der Waals surface area contributed by atoms with Crippen molar-refractivity contribution in [3.8, 4) is 22.5 Å². The maximum absolute atomic E-state index is 4.45. The van der Waals surface area contributed by atoms with Crippen LogP contribution in [0.25, 0.3) is 33.3 Å². The van der Waals surface area contributed by atoms with E-state index in [2.05, 4.69) is 84.9 Å². The van der Waals surface area contributed by atoms with Crippen molar-refractivity contribution in [2.24, 2.45) is 7.05 Å². The van der Waals surface area contributed by atoms with Crippen LogP contribution < -0.4 is 4.57 Å². The number of hydrogen-bond acceptors (Lipinski definition) is 2. The Bertz CT molecular complexity index is 1120. The Morgan fingerprint density at radius 2 is 1.73 bits per heavy atom. The van der Waals surface area contributed by atoms with Crippen molar-refractivity contribution < 1.29 is 4.57 Å². The van der Waals surface area contributed by atoms with Gasteiger partial charge in [-0.15, -0.1) is 0 Å². The Morgan fingerprint density at radius 3 is 2.50 bits per heavy atom. The van der Waals surface area contributed by atoms with Crippen molar-refractivity contribution in [2.75, 3.05) is 0 Å². The smallest absolute Gasteiger partial charge is 0.220 e. The normalized spacial score (nSPS) is 11.1. The van der Waals surface area contributed by atoms with E-state index in [4.69, 9.17) is 0 Å². The fourth-order valence-corrected chi connectivity index (χ4v) is 3.70. The van der Waals surface area contributed by atoms with Crippen molar-refractivity contribution in [2.45, 2.75) is 20.8 Å². The highest BCUT2D eigenvalue weighted by Gasteiger charge is 2.20. The van der Waals surface area contributed by atoms with Gasteiger partial charge in [-0.1, -0.05) is 23.8 Å². The minimum atomic E-state index is 0.947. The van der Waals surface area contributed by atoms with Crippen LogP contribution in [0.1, 0.15) is 16.7 Å². The van der Waals surface area contributed by atoms with Crippen LogP contribution in [0.4, 0.5) is 0 Å². The number of aromatic nitrogens is 3. The summed E-state index contributed by atoms with van der Waals surface area (Å²) < 4.78 is 2.22. The molecule has 2 aromatic heterocycles. The average molecular weight is 340 g/mol. The van der Waals surface area contributed by atoms with Crippen LogP contribution >= 0.6 is 0 Å². The van der Waals surface area contributed by atoms with Crippen LogP contribution in [-0.4, -0.2) is 9.97 Å². The molecule has 0 fully saturated rings. The van der Waals surface area contributed by atoms with Crippen molar-refractivity contribution >= 4 is 10.8 Å². The zero-order chi connectivity index (χ0) is 18.3. The molecule has 0 amide bonds. The van der Waals surface area contributed by atoms with E-state index < -0.39 is 0 Å². The molecule has 0 saturated carbocycles. The zero-order valence-corrected chi connectivity index (χ0v) is 15.6. The molecule has 0 spiro atoms. The highest BCUT2D eigenvalue weighted by molar-refractivity contribution is 6.01. The fourth-order valence-electron chi connectivity index (χ4n) is 3.70. The molecular weight excluding hydrogens is 318 g/mol. The third-order valence-corrected chi connectivity index (χ3v) is 5.10. The molecule has 0 radical (unpaired) electrons. The lowest BCUT2D eigenvalue weighted by molar-refractivity contribution is -0.659. The molecule has 0 N–H and O–H groups in total. The summed E-state index contributed by atoms with van der Waals surface area (Å²) in [6, 6.07) is 15.1. The van der Waals surface area contributed by atoms with Gasteiger partial charge in [0.05, 0.1) is 16.6 Å². The predicted octanol–water partition coefficient (Wildman–Crippen LogP) is 4.71. The highest BCUT2D eigenvalue weighted by Crippen LogP contribution is 2.34. The molecule has 0 saturated heterocycles. The molecule has 26 heavy (non-hydrogen) atoms. The molecule has 3 nitrogen and oxygen atoms in total. The van der Waals surface area contributed by atoms with Crippen LogP contribution in [0, 0.1) is 20.8 Å². The third-order valence-electron chi connectivity index (χ3n) is 5.10. The summed E-state index contributed by atoms with van der Waals surface area (Å²) in [5.41, 5.74) is 8.54. The molecule has 128 valence electrons. The second kappa shape index (κ2) is 6.34. The average Bonchev–Trinajstić information content (AvgIpc) is 2.65. The fraction of sp³-hybridized carbons (Fsp3) is 0.174. The van der Waals surface area contributed by atoms with Gasteiger partial charge in [0.15, 0.2) is 6.20 Å². The van der Waals surface area contributed by atoms with Crippen LogP contribution in [0.15, 0.2) is 61.2 Å². The van der Waals surface area contributed by atoms with E-state index in [9.17, 15) is 0 Å². The highest BCUT2D eigenvalue weighted by atomic mass is 14.9.